The van der Waals surface area contributed by atoms with Crippen molar-refractivity contribution in [3.8, 4) is 5.75 Å². The molecule has 1 unspecified atom stereocenters. The molecule has 1 N–H and O–H groups in total. The second-order valence-corrected chi connectivity index (χ2v) is 6.09. The summed E-state index contributed by atoms with van der Waals surface area (Å²) in [7, 11) is 0. The van der Waals surface area contributed by atoms with E-state index in [9.17, 15) is 14.7 Å². The SMILES string of the molecule is Cc1cc(=O)c(O)c(C(CC(=O)N2CCOCC2)c2ccccc2)o1. The first-order chi connectivity index (χ1) is 12.1. The van der Waals surface area contributed by atoms with Crippen LogP contribution in [0.25, 0.3) is 0 Å². The number of hydrogen-bond donors (Lipinski definition) is 1. The summed E-state index contributed by atoms with van der Waals surface area (Å²) in [6.45, 7) is 3.78. The van der Waals surface area contributed by atoms with Crippen molar-refractivity contribution in [1.82, 2.24) is 4.90 Å². The minimum atomic E-state index is -0.524. The van der Waals surface area contributed by atoms with E-state index >= 15 is 0 Å². The van der Waals surface area contributed by atoms with Crippen LogP contribution in [0.2, 0.25) is 0 Å². The van der Waals surface area contributed by atoms with Crippen molar-refractivity contribution in [2.75, 3.05) is 26.3 Å². The molecule has 3 rings (SSSR count). The van der Waals surface area contributed by atoms with Crippen LogP contribution in [0.3, 0.4) is 0 Å². The molecule has 1 aliphatic heterocycles. The van der Waals surface area contributed by atoms with Gasteiger partial charge in [-0.3, -0.25) is 9.59 Å². The van der Waals surface area contributed by atoms with E-state index in [4.69, 9.17) is 9.15 Å². The standard InChI is InChI=1S/C19H21NO5/c1-13-11-16(21)18(23)19(25-13)15(14-5-3-2-4-6-14)12-17(22)20-7-9-24-10-8-20/h2-6,11,15,23H,7-10,12H2,1H3. The third kappa shape index (κ3) is 3.91. The molecule has 1 saturated heterocycles. The van der Waals surface area contributed by atoms with E-state index in [-0.39, 0.29) is 18.1 Å². The van der Waals surface area contributed by atoms with Gasteiger partial charge in [0.05, 0.1) is 19.1 Å². The number of hydrogen-bond acceptors (Lipinski definition) is 5. The average molecular weight is 343 g/mol. The van der Waals surface area contributed by atoms with E-state index in [2.05, 4.69) is 0 Å². The van der Waals surface area contributed by atoms with Crippen molar-refractivity contribution in [3.05, 3.63) is 63.7 Å². The molecule has 0 aliphatic carbocycles. The minimum absolute atomic E-state index is 0.0549. The van der Waals surface area contributed by atoms with E-state index in [0.717, 1.165) is 5.56 Å². The Labute approximate surface area is 145 Å². The van der Waals surface area contributed by atoms with Crippen LogP contribution in [0.15, 0.2) is 45.6 Å². The topological polar surface area (TPSA) is 80.0 Å². The lowest BCUT2D eigenvalue weighted by molar-refractivity contribution is -0.135. The molecule has 132 valence electrons. The first-order valence-corrected chi connectivity index (χ1v) is 8.30. The fraction of sp³-hybridized carbons (Fsp3) is 0.368. The van der Waals surface area contributed by atoms with Crippen LogP contribution >= 0.6 is 0 Å². The molecule has 6 nitrogen and oxygen atoms in total. The first kappa shape index (κ1) is 17.2. The molecular formula is C19H21NO5. The molecule has 1 amide bonds. The summed E-state index contributed by atoms with van der Waals surface area (Å²) in [5.74, 6) is -0.477. The largest absolute Gasteiger partial charge is 0.502 e. The van der Waals surface area contributed by atoms with Gasteiger partial charge in [0.15, 0.2) is 5.76 Å². The summed E-state index contributed by atoms with van der Waals surface area (Å²) >= 11 is 0. The van der Waals surface area contributed by atoms with Gasteiger partial charge >= 0.3 is 0 Å². The lowest BCUT2D eigenvalue weighted by atomic mass is 9.91. The molecule has 0 spiro atoms. The molecule has 0 bridgehead atoms. The zero-order valence-electron chi connectivity index (χ0n) is 14.1. The molecule has 1 aromatic carbocycles. The third-order valence-electron chi connectivity index (χ3n) is 4.33. The van der Waals surface area contributed by atoms with Gasteiger partial charge in [0.1, 0.15) is 5.76 Å². The Bertz CT molecular complexity index is 793. The zero-order valence-corrected chi connectivity index (χ0v) is 14.1. The molecule has 2 heterocycles. The Balaban J connectivity index is 1.96. The van der Waals surface area contributed by atoms with Gasteiger partial charge in [0.25, 0.3) is 0 Å². The van der Waals surface area contributed by atoms with Gasteiger partial charge in [-0.1, -0.05) is 30.3 Å². The van der Waals surface area contributed by atoms with Gasteiger partial charge in [0, 0.05) is 25.6 Å². The lowest BCUT2D eigenvalue weighted by Crippen LogP contribution is -2.41. The van der Waals surface area contributed by atoms with Crippen LogP contribution in [0.5, 0.6) is 5.75 Å². The van der Waals surface area contributed by atoms with Crippen LogP contribution in [-0.2, 0) is 9.53 Å². The summed E-state index contributed by atoms with van der Waals surface area (Å²) in [5.41, 5.74) is 0.312. The molecule has 1 aliphatic rings. The molecule has 6 heteroatoms. The predicted molar refractivity (Wildman–Crippen MR) is 91.7 cm³/mol. The molecule has 0 saturated carbocycles. The Morgan fingerprint density at radius 3 is 2.60 bits per heavy atom. The monoisotopic (exact) mass is 343 g/mol. The highest BCUT2D eigenvalue weighted by Crippen LogP contribution is 2.33. The number of rotatable bonds is 4. The fourth-order valence-electron chi connectivity index (χ4n) is 3.03. The molecule has 0 radical (unpaired) electrons. The minimum Gasteiger partial charge on any atom is -0.502 e. The van der Waals surface area contributed by atoms with E-state index in [1.165, 1.54) is 6.07 Å². The summed E-state index contributed by atoms with van der Waals surface area (Å²) in [4.78, 5) is 26.4. The Morgan fingerprint density at radius 2 is 1.92 bits per heavy atom. The van der Waals surface area contributed by atoms with Crippen molar-refractivity contribution < 1.29 is 19.1 Å². The van der Waals surface area contributed by atoms with Gasteiger partial charge in [-0.2, -0.15) is 0 Å². The molecule has 1 aromatic heterocycles. The number of carbonyl (C=O) groups excluding carboxylic acids is 1. The van der Waals surface area contributed by atoms with E-state index in [1.807, 2.05) is 30.3 Å². The zero-order chi connectivity index (χ0) is 17.8. The van der Waals surface area contributed by atoms with Crippen molar-refractivity contribution in [2.24, 2.45) is 0 Å². The number of amides is 1. The van der Waals surface area contributed by atoms with Crippen LogP contribution < -0.4 is 5.43 Å². The van der Waals surface area contributed by atoms with Gasteiger partial charge in [-0.15, -0.1) is 0 Å². The Morgan fingerprint density at radius 1 is 1.24 bits per heavy atom. The Kier molecular flexibility index (Phi) is 5.19. The van der Waals surface area contributed by atoms with Gasteiger partial charge in [-0.25, -0.2) is 0 Å². The van der Waals surface area contributed by atoms with Crippen LogP contribution in [-0.4, -0.2) is 42.2 Å². The second-order valence-electron chi connectivity index (χ2n) is 6.09. The summed E-state index contributed by atoms with van der Waals surface area (Å²) in [6, 6.07) is 10.5. The van der Waals surface area contributed by atoms with Crippen LogP contribution in [0, 0.1) is 6.92 Å². The number of benzene rings is 1. The summed E-state index contributed by atoms with van der Waals surface area (Å²) < 4.78 is 10.9. The molecule has 1 fully saturated rings. The van der Waals surface area contributed by atoms with E-state index < -0.39 is 17.1 Å². The number of aryl methyl sites for hydroxylation is 1. The van der Waals surface area contributed by atoms with E-state index in [0.29, 0.717) is 32.1 Å². The van der Waals surface area contributed by atoms with Crippen molar-refractivity contribution in [1.29, 1.82) is 0 Å². The Hall–Kier alpha value is -2.60. The second kappa shape index (κ2) is 7.53. The average Bonchev–Trinajstić information content (AvgIpc) is 2.64. The third-order valence-corrected chi connectivity index (χ3v) is 4.33. The maximum Gasteiger partial charge on any atom is 0.227 e. The highest BCUT2D eigenvalue weighted by Gasteiger charge is 2.28. The van der Waals surface area contributed by atoms with Crippen LogP contribution in [0.1, 0.15) is 29.4 Å². The quantitative estimate of drug-likeness (QED) is 0.919. The molecule has 2 aromatic rings. The highest BCUT2D eigenvalue weighted by atomic mass is 16.5. The lowest BCUT2D eigenvalue weighted by Gasteiger charge is -2.28. The highest BCUT2D eigenvalue weighted by molar-refractivity contribution is 5.78. The number of aromatic hydroxyl groups is 1. The number of nitrogens with zero attached hydrogens (tertiary/aromatic N) is 1. The molecular weight excluding hydrogens is 322 g/mol. The maximum absolute atomic E-state index is 12.7. The normalized spacial score (nSPS) is 15.8. The number of morpholine rings is 1. The predicted octanol–water partition coefficient (Wildman–Crippen LogP) is 2.03. The van der Waals surface area contributed by atoms with Gasteiger partial charge in [0.2, 0.25) is 17.1 Å². The van der Waals surface area contributed by atoms with Gasteiger partial charge < -0.3 is 19.2 Å². The molecule has 25 heavy (non-hydrogen) atoms. The smallest absolute Gasteiger partial charge is 0.227 e. The summed E-state index contributed by atoms with van der Waals surface area (Å²) in [6.07, 6.45) is 0.115. The first-order valence-electron chi connectivity index (χ1n) is 8.30. The van der Waals surface area contributed by atoms with Crippen molar-refractivity contribution >= 4 is 5.91 Å². The van der Waals surface area contributed by atoms with Crippen molar-refractivity contribution in [2.45, 2.75) is 19.3 Å². The van der Waals surface area contributed by atoms with Gasteiger partial charge in [-0.05, 0) is 12.5 Å². The fourth-order valence-corrected chi connectivity index (χ4v) is 3.03. The molecule has 1 atom stereocenters. The number of ether oxygens (including phenoxy) is 1. The number of carbonyl (C=O) groups is 1. The summed E-state index contributed by atoms with van der Waals surface area (Å²) in [5, 5.41) is 10.2. The van der Waals surface area contributed by atoms with Crippen molar-refractivity contribution in [3.63, 3.8) is 0 Å². The van der Waals surface area contributed by atoms with E-state index in [1.54, 1.807) is 11.8 Å². The maximum atomic E-state index is 12.7. The van der Waals surface area contributed by atoms with Crippen LogP contribution in [0.4, 0.5) is 0 Å².